The molecule has 3 heteroatoms. The zero-order valence-electron chi connectivity index (χ0n) is 16.4. The van der Waals surface area contributed by atoms with E-state index in [1.165, 1.54) is 43.3 Å². The van der Waals surface area contributed by atoms with E-state index in [2.05, 4.69) is 12.1 Å². The summed E-state index contributed by atoms with van der Waals surface area (Å²) >= 11 is 0. The van der Waals surface area contributed by atoms with Gasteiger partial charge in [0.05, 0.1) is 0 Å². The van der Waals surface area contributed by atoms with Crippen LogP contribution in [-0.4, -0.2) is 16.2 Å². The summed E-state index contributed by atoms with van der Waals surface area (Å²) in [5.41, 5.74) is 6.22. The SMILES string of the molecule is C/C(=C\c1ccc(C(=C2CCCCCCC2)c2ccc(O)cc2)cc1)C(=O)O. The van der Waals surface area contributed by atoms with Crippen LogP contribution in [0.25, 0.3) is 11.6 Å². The molecular formula is C25H28O3. The zero-order valence-corrected chi connectivity index (χ0v) is 16.4. The van der Waals surface area contributed by atoms with Crippen LogP contribution in [0.15, 0.2) is 59.7 Å². The Hall–Kier alpha value is -2.81. The number of aliphatic carboxylic acids is 1. The molecule has 0 saturated heterocycles. The Bertz CT molecular complexity index is 861. The third-order valence-electron chi connectivity index (χ3n) is 5.39. The minimum Gasteiger partial charge on any atom is -0.508 e. The maximum Gasteiger partial charge on any atom is 0.331 e. The zero-order chi connectivity index (χ0) is 19.9. The van der Waals surface area contributed by atoms with Crippen LogP contribution < -0.4 is 0 Å². The van der Waals surface area contributed by atoms with Gasteiger partial charge in [-0.25, -0.2) is 4.79 Å². The van der Waals surface area contributed by atoms with Gasteiger partial charge in [0.25, 0.3) is 0 Å². The van der Waals surface area contributed by atoms with Gasteiger partial charge >= 0.3 is 5.97 Å². The van der Waals surface area contributed by atoms with Crippen LogP contribution >= 0.6 is 0 Å². The summed E-state index contributed by atoms with van der Waals surface area (Å²) < 4.78 is 0. The third kappa shape index (κ3) is 5.13. The van der Waals surface area contributed by atoms with Crippen LogP contribution in [0.1, 0.15) is 68.6 Å². The van der Waals surface area contributed by atoms with Gasteiger partial charge in [-0.1, -0.05) is 61.2 Å². The van der Waals surface area contributed by atoms with E-state index in [0.29, 0.717) is 5.57 Å². The highest BCUT2D eigenvalue weighted by Gasteiger charge is 2.14. The van der Waals surface area contributed by atoms with Crippen molar-refractivity contribution < 1.29 is 15.0 Å². The molecule has 146 valence electrons. The molecule has 2 aromatic carbocycles. The highest BCUT2D eigenvalue weighted by Crippen LogP contribution is 2.34. The number of carboxylic acid groups (broad SMARTS) is 1. The number of carboxylic acids is 1. The third-order valence-corrected chi connectivity index (χ3v) is 5.39. The Morgan fingerprint density at radius 3 is 1.86 bits per heavy atom. The Kier molecular flexibility index (Phi) is 6.70. The lowest BCUT2D eigenvalue weighted by Crippen LogP contribution is -1.99. The maximum absolute atomic E-state index is 11.1. The van der Waals surface area contributed by atoms with E-state index in [0.717, 1.165) is 29.5 Å². The molecule has 2 N–H and O–H groups in total. The summed E-state index contributed by atoms with van der Waals surface area (Å²) in [6.07, 6.45) is 10.2. The van der Waals surface area contributed by atoms with Gasteiger partial charge in [-0.05, 0) is 73.1 Å². The van der Waals surface area contributed by atoms with Gasteiger partial charge in [0.2, 0.25) is 0 Å². The predicted molar refractivity (Wildman–Crippen MR) is 114 cm³/mol. The fourth-order valence-electron chi connectivity index (χ4n) is 3.84. The van der Waals surface area contributed by atoms with Gasteiger partial charge in [-0.3, -0.25) is 0 Å². The van der Waals surface area contributed by atoms with E-state index < -0.39 is 5.97 Å². The summed E-state index contributed by atoms with van der Waals surface area (Å²) in [4.78, 5) is 11.1. The molecule has 0 radical (unpaired) electrons. The van der Waals surface area contributed by atoms with Crippen LogP contribution in [-0.2, 0) is 4.79 Å². The van der Waals surface area contributed by atoms with Gasteiger partial charge in [0.15, 0.2) is 0 Å². The molecule has 0 spiro atoms. The number of aromatic hydroxyl groups is 1. The molecule has 0 atom stereocenters. The number of carbonyl (C=O) groups is 1. The summed E-state index contributed by atoms with van der Waals surface area (Å²) in [6, 6.07) is 15.6. The van der Waals surface area contributed by atoms with E-state index in [9.17, 15) is 9.90 Å². The number of phenolic OH excluding ortho intramolecular Hbond substituents is 1. The van der Waals surface area contributed by atoms with Crippen molar-refractivity contribution >= 4 is 17.6 Å². The molecule has 1 aliphatic carbocycles. The van der Waals surface area contributed by atoms with Crippen molar-refractivity contribution in [3.63, 3.8) is 0 Å². The van der Waals surface area contributed by atoms with E-state index >= 15 is 0 Å². The first-order valence-electron chi connectivity index (χ1n) is 10.1. The minimum atomic E-state index is -0.898. The van der Waals surface area contributed by atoms with Crippen molar-refractivity contribution in [2.45, 2.75) is 51.9 Å². The predicted octanol–water partition coefficient (Wildman–Crippen LogP) is 6.43. The Morgan fingerprint density at radius 1 is 0.821 bits per heavy atom. The molecule has 1 aliphatic rings. The number of benzene rings is 2. The summed E-state index contributed by atoms with van der Waals surface area (Å²) in [7, 11) is 0. The first-order chi connectivity index (χ1) is 13.5. The number of hydrogen-bond donors (Lipinski definition) is 2. The standard InChI is InChI=1S/C25H28O3/c1-18(25(27)28)17-19-9-11-21(12-10-19)24(22-13-15-23(26)16-14-22)20-7-5-3-2-4-6-8-20/h9-17,26H,2-8H2,1H3,(H,27,28)/b18-17+. The van der Waals surface area contributed by atoms with Gasteiger partial charge in [-0.2, -0.15) is 0 Å². The highest BCUT2D eigenvalue weighted by atomic mass is 16.4. The first kappa shape index (κ1) is 19.9. The quantitative estimate of drug-likeness (QED) is 0.605. The fourth-order valence-corrected chi connectivity index (χ4v) is 3.84. The number of phenols is 1. The van der Waals surface area contributed by atoms with Crippen molar-refractivity contribution in [3.05, 3.63) is 76.4 Å². The highest BCUT2D eigenvalue weighted by molar-refractivity contribution is 5.91. The maximum atomic E-state index is 11.1. The fraction of sp³-hybridized carbons (Fsp3) is 0.320. The first-order valence-corrected chi connectivity index (χ1v) is 10.1. The molecule has 2 aromatic rings. The molecule has 0 aromatic heterocycles. The molecule has 1 fully saturated rings. The monoisotopic (exact) mass is 376 g/mol. The molecule has 0 bridgehead atoms. The summed E-state index contributed by atoms with van der Waals surface area (Å²) in [5, 5.41) is 18.8. The second-order valence-corrected chi connectivity index (χ2v) is 7.55. The largest absolute Gasteiger partial charge is 0.508 e. The molecule has 1 saturated carbocycles. The molecule has 28 heavy (non-hydrogen) atoms. The smallest absolute Gasteiger partial charge is 0.331 e. The van der Waals surface area contributed by atoms with Gasteiger partial charge in [0.1, 0.15) is 5.75 Å². The van der Waals surface area contributed by atoms with Gasteiger partial charge in [0, 0.05) is 5.57 Å². The second-order valence-electron chi connectivity index (χ2n) is 7.55. The van der Waals surface area contributed by atoms with Crippen LogP contribution in [0.2, 0.25) is 0 Å². The number of hydrogen-bond acceptors (Lipinski definition) is 2. The van der Waals surface area contributed by atoms with Gasteiger partial charge in [-0.15, -0.1) is 0 Å². The van der Waals surface area contributed by atoms with E-state index in [1.807, 2.05) is 24.3 Å². The van der Waals surface area contributed by atoms with Crippen molar-refractivity contribution in [2.75, 3.05) is 0 Å². The van der Waals surface area contributed by atoms with E-state index in [4.69, 9.17) is 5.11 Å². The number of rotatable bonds is 4. The lowest BCUT2D eigenvalue weighted by molar-refractivity contribution is -0.132. The van der Waals surface area contributed by atoms with E-state index in [1.54, 1.807) is 25.1 Å². The van der Waals surface area contributed by atoms with E-state index in [-0.39, 0.29) is 5.75 Å². The summed E-state index contributed by atoms with van der Waals surface area (Å²) in [6.45, 7) is 1.61. The Labute approximate surface area is 167 Å². The van der Waals surface area contributed by atoms with Crippen LogP contribution in [0, 0.1) is 0 Å². The van der Waals surface area contributed by atoms with Gasteiger partial charge < -0.3 is 10.2 Å². The molecule has 0 heterocycles. The lowest BCUT2D eigenvalue weighted by Gasteiger charge is -2.19. The molecule has 0 unspecified atom stereocenters. The lowest BCUT2D eigenvalue weighted by atomic mass is 9.86. The molecule has 0 aliphatic heterocycles. The average molecular weight is 376 g/mol. The normalized spacial score (nSPS) is 15.6. The molecule has 0 amide bonds. The number of allylic oxidation sites excluding steroid dienone is 1. The molecular weight excluding hydrogens is 348 g/mol. The molecule has 3 nitrogen and oxygen atoms in total. The van der Waals surface area contributed by atoms with Crippen molar-refractivity contribution in [2.24, 2.45) is 0 Å². The van der Waals surface area contributed by atoms with Crippen molar-refractivity contribution in [3.8, 4) is 5.75 Å². The average Bonchev–Trinajstić information content (AvgIpc) is 2.66. The van der Waals surface area contributed by atoms with Crippen LogP contribution in [0.5, 0.6) is 5.75 Å². The van der Waals surface area contributed by atoms with Crippen LogP contribution in [0.3, 0.4) is 0 Å². The Balaban J connectivity index is 2.02. The van der Waals surface area contributed by atoms with Crippen molar-refractivity contribution in [1.82, 2.24) is 0 Å². The van der Waals surface area contributed by atoms with Crippen molar-refractivity contribution in [1.29, 1.82) is 0 Å². The topological polar surface area (TPSA) is 57.5 Å². The second kappa shape index (κ2) is 9.41. The minimum absolute atomic E-state index is 0.274. The van der Waals surface area contributed by atoms with Crippen LogP contribution in [0.4, 0.5) is 0 Å². The summed E-state index contributed by atoms with van der Waals surface area (Å²) in [5.74, 6) is -0.624. The Morgan fingerprint density at radius 2 is 1.32 bits per heavy atom. The molecule has 3 rings (SSSR count).